The molecule has 0 aromatic heterocycles. The number of hydrogen-bond acceptors (Lipinski definition) is 4. The Balaban J connectivity index is 2.29. The zero-order valence-corrected chi connectivity index (χ0v) is 13.8. The van der Waals surface area contributed by atoms with E-state index in [1.807, 2.05) is 37.3 Å². The lowest BCUT2D eigenvalue weighted by atomic mass is 10.1. The molecule has 0 fully saturated rings. The Kier molecular flexibility index (Phi) is 5.52. The Morgan fingerprint density at radius 1 is 1.13 bits per heavy atom. The lowest BCUT2D eigenvalue weighted by Crippen LogP contribution is -2.28. The van der Waals surface area contributed by atoms with Gasteiger partial charge in [0.2, 0.25) is 10.0 Å². The van der Waals surface area contributed by atoms with Crippen molar-refractivity contribution in [3.8, 4) is 0 Å². The van der Waals surface area contributed by atoms with E-state index >= 15 is 0 Å². The third-order valence-electron chi connectivity index (χ3n) is 3.47. The lowest BCUT2D eigenvalue weighted by Gasteiger charge is -2.17. The number of benzene rings is 2. The molecule has 2 rings (SSSR count). The molecule has 0 amide bonds. The number of carbonyl (C=O) groups is 1. The summed E-state index contributed by atoms with van der Waals surface area (Å²) in [5, 5.41) is 0. The normalized spacial score (nSPS) is 12.6. The Labute approximate surface area is 136 Å². The summed E-state index contributed by atoms with van der Waals surface area (Å²) >= 11 is 0. The first kappa shape index (κ1) is 17.2. The predicted octanol–water partition coefficient (Wildman–Crippen LogP) is 2.90. The average molecular weight is 333 g/mol. The van der Waals surface area contributed by atoms with Crippen LogP contribution in [-0.2, 0) is 14.8 Å². The Morgan fingerprint density at radius 3 is 2.43 bits per heavy atom. The van der Waals surface area contributed by atoms with Gasteiger partial charge in [-0.25, -0.2) is 17.9 Å². The van der Waals surface area contributed by atoms with Crippen molar-refractivity contribution in [1.29, 1.82) is 0 Å². The highest BCUT2D eigenvalue weighted by Gasteiger charge is 2.21. The first-order valence-corrected chi connectivity index (χ1v) is 8.72. The summed E-state index contributed by atoms with van der Waals surface area (Å²) in [4.78, 5) is 11.6. The highest BCUT2D eigenvalue weighted by atomic mass is 32.2. The third-order valence-corrected chi connectivity index (χ3v) is 4.94. The van der Waals surface area contributed by atoms with Crippen LogP contribution in [0.4, 0.5) is 0 Å². The second-order valence-electron chi connectivity index (χ2n) is 5.01. The van der Waals surface area contributed by atoms with E-state index in [9.17, 15) is 13.2 Å². The Bertz CT molecular complexity index is 772. The molecular formula is C17H19NO4S. The van der Waals surface area contributed by atoms with Crippen LogP contribution in [0.3, 0.4) is 0 Å². The van der Waals surface area contributed by atoms with Crippen LogP contribution in [0.25, 0.3) is 0 Å². The second kappa shape index (κ2) is 7.39. The standard InChI is InChI=1S/C17H19NO4S/c1-3-16(13-8-5-4-6-9-13)18-23(20,21)15-11-7-10-14(12-15)17(19)22-2/h4-12,16,18H,3H2,1-2H3. The van der Waals surface area contributed by atoms with Gasteiger partial charge in [-0.1, -0.05) is 43.3 Å². The fourth-order valence-electron chi connectivity index (χ4n) is 2.24. The van der Waals surface area contributed by atoms with Gasteiger partial charge in [0.15, 0.2) is 0 Å². The van der Waals surface area contributed by atoms with Gasteiger partial charge in [-0.3, -0.25) is 0 Å². The first-order valence-electron chi connectivity index (χ1n) is 7.23. The van der Waals surface area contributed by atoms with E-state index in [4.69, 9.17) is 0 Å². The van der Waals surface area contributed by atoms with Crippen LogP contribution >= 0.6 is 0 Å². The quantitative estimate of drug-likeness (QED) is 0.825. The van der Waals surface area contributed by atoms with Crippen LogP contribution < -0.4 is 4.72 Å². The van der Waals surface area contributed by atoms with Crippen molar-refractivity contribution in [2.24, 2.45) is 0 Å². The lowest BCUT2D eigenvalue weighted by molar-refractivity contribution is 0.0600. The van der Waals surface area contributed by atoms with Gasteiger partial charge in [0.25, 0.3) is 0 Å². The van der Waals surface area contributed by atoms with Gasteiger partial charge < -0.3 is 4.74 Å². The molecule has 1 atom stereocenters. The summed E-state index contributed by atoms with van der Waals surface area (Å²) in [6, 6.07) is 14.8. The zero-order chi connectivity index (χ0) is 16.9. The fourth-order valence-corrected chi connectivity index (χ4v) is 3.59. The van der Waals surface area contributed by atoms with Crippen molar-refractivity contribution in [2.45, 2.75) is 24.3 Å². The zero-order valence-electron chi connectivity index (χ0n) is 13.0. The van der Waals surface area contributed by atoms with Gasteiger partial charge in [-0.15, -0.1) is 0 Å². The highest BCUT2D eigenvalue weighted by Crippen LogP contribution is 2.20. The van der Waals surface area contributed by atoms with Gasteiger partial charge in [0.1, 0.15) is 0 Å². The SMILES string of the molecule is CCC(NS(=O)(=O)c1cccc(C(=O)OC)c1)c1ccccc1. The van der Waals surface area contributed by atoms with Crippen molar-refractivity contribution in [1.82, 2.24) is 4.72 Å². The summed E-state index contributed by atoms with van der Waals surface area (Å²) in [7, 11) is -2.49. The molecular weight excluding hydrogens is 314 g/mol. The summed E-state index contributed by atoms with van der Waals surface area (Å²) < 4.78 is 32.5. The molecule has 0 bridgehead atoms. The van der Waals surface area contributed by atoms with Crippen molar-refractivity contribution in [3.63, 3.8) is 0 Å². The smallest absolute Gasteiger partial charge is 0.337 e. The number of sulfonamides is 1. The number of rotatable bonds is 6. The maximum atomic E-state index is 12.6. The van der Waals surface area contributed by atoms with Crippen molar-refractivity contribution in [3.05, 3.63) is 65.7 Å². The van der Waals surface area contributed by atoms with E-state index in [2.05, 4.69) is 9.46 Å². The molecule has 5 nitrogen and oxygen atoms in total. The summed E-state index contributed by atoms with van der Waals surface area (Å²) in [5.74, 6) is -0.572. The van der Waals surface area contributed by atoms with Crippen molar-refractivity contribution < 1.29 is 17.9 Å². The summed E-state index contributed by atoms with van der Waals surface area (Å²) in [6.45, 7) is 1.91. The molecule has 122 valence electrons. The number of methoxy groups -OCH3 is 1. The summed E-state index contributed by atoms with van der Waals surface area (Å²) in [6.07, 6.45) is 0.611. The average Bonchev–Trinajstić information content (AvgIpc) is 2.60. The molecule has 23 heavy (non-hydrogen) atoms. The maximum absolute atomic E-state index is 12.6. The van der Waals surface area contributed by atoms with Crippen molar-refractivity contribution in [2.75, 3.05) is 7.11 Å². The fraction of sp³-hybridized carbons (Fsp3) is 0.235. The maximum Gasteiger partial charge on any atom is 0.337 e. The number of nitrogens with one attached hydrogen (secondary N) is 1. The first-order chi connectivity index (χ1) is 11.0. The molecule has 2 aromatic carbocycles. The largest absolute Gasteiger partial charge is 0.465 e. The molecule has 0 aliphatic heterocycles. The van der Waals surface area contributed by atoms with E-state index in [0.717, 1.165) is 5.56 Å². The minimum Gasteiger partial charge on any atom is -0.465 e. The van der Waals surface area contributed by atoms with Gasteiger partial charge in [-0.05, 0) is 30.2 Å². The molecule has 0 saturated carbocycles. The molecule has 6 heteroatoms. The van der Waals surface area contributed by atoms with Gasteiger partial charge >= 0.3 is 5.97 Å². The van der Waals surface area contributed by atoms with E-state index in [1.54, 1.807) is 0 Å². The third kappa shape index (κ3) is 4.18. The minimum absolute atomic E-state index is 0.0368. The van der Waals surface area contributed by atoms with E-state index < -0.39 is 16.0 Å². The highest BCUT2D eigenvalue weighted by molar-refractivity contribution is 7.89. The molecule has 2 aromatic rings. The monoisotopic (exact) mass is 333 g/mol. The number of hydrogen-bond donors (Lipinski definition) is 1. The van der Waals surface area contributed by atoms with Crippen LogP contribution in [0.5, 0.6) is 0 Å². The minimum atomic E-state index is -3.74. The molecule has 1 N–H and O–H groups in total. The molecule has 0 aliphatic rings. The van der Waals surface area contributed by atoms with Crippen LogP contribution in [-0.4, -0.2) is 21.5 Å². The van der Waals surface area contributed by atoms with Crippen LogP contribution in [0, 0.1) is 0 Å². The molecule has 0 spiro atoms. The molecule has 0 heterocycles. The topological polar surface area (TPSA) is 72.5 Å². The van der Waals surface area contributed by atoms with Crippen LogP contribution in [0.1, 0.15) is 35.3 Å². The van der Waals surface area contributed by atoms with E-state index in [1.165, 1.54) is 31.4 Å². The van der Waals surface area contributed by atoms with Gasteiger partial charge in [-0.2, -0.15) is 0 Å². The van der Waals surface area contributed by atoms with Crippen molar-refractivity contribution >= 4 is 16.0 Å². The predicted molar refractivity (Wildman–Crippen MR) is 87.6 cm³/mol. The Morgan fingerprint density at radius 2 is 1.83 bits per heavy atom. The van der Waals surface area contributed by atoms with Gasteiger partial charge in [0.05, 0.1) is 17.6 Å². The molecule has 0 aliphatic carbocycles. The molecule has 0 radical (unpaired) electrons. The number of ether oxygens (including phenoxy) is 1. The molecule has 0 saturated heterocycles. The molecule has 1 unspecified atom stereocenters. The van der Waals surface area contributed by atoms with Crippen LogP contribution in [0.15, 0.2) is 59.5 Å². The number of carbonyl (C=O) groups excluding carboxylic acids is 1. The van der Waals surface area contributed by atoms with E-state index in [-0.39, 0.29) is 16.5 Å². The summed E-state index contributed by atoms with van der Waals surface area (Å²) in [5.41, 5.74) is 1.09. The van der Waals surface area contributed by atoms with Gasteiger partial charge in [0, 0.05) is 6.04 Å². The second-order valence-corrected chi connectivity index (χ2v) is 6.73. The van der Waals surface area contributed by atoms with E-state index in [0.29, 0.717) is 6.42 Å². The van der Waals surface area contributed by atoms with Crippen LogP contribution in [0.2, 0.25) is 0 Å². The number of esters is 1. The Hall–Kier alpha value is -2.18.